The third-order valence-corrected chi connectivity index (χ3v) is 3.89. The minimum atomic E-state index is -0.754. The number of hydrogen-bond acceptors (Lipinski definition) is 1. The highest BCUT2D eigenvalue weighted by atomic mass is 35.5. The Kier molecular flexibility index (Phi) is 4.33. The minimum absolute atomic E-state index is 0.0312. The predicted molar refractivity (Wildman–Crippen MR) is 82.7 cm³/mol. The molecular formula is C16H9Cl2F3N2. The molecule has 0 amide bonds. The van der Waals surface area contributed by atoms with Gasteiger partial charge in [-0.25, -0.2) is 18.2 Å². The normalized spacial score (nSPS) is 11.0. The van der Waals surface area contributed by atoms with Crippen LogP contribution in [0.3, 0.4) is 0 Å². The molecule has 0 N–H and O–H groups in total. The Morgan fingerprint density at radius 1 is 0.957 bits per heavy atom. The average Bonchev–Trinajstić information content (AvgIpc) is 2.83. The van der Waals surface area contributed by atoms with Gasteiger partial charge >= 0.3 is 0 Å². The maximum atomic E-state index is 13.9. The second-order valence-electron chi connectivity index (χ2n) is 4.88. The fourth-order valence-corrected chi connectivity index (χ4v) is 2.68. The zero-order chi connectivity index (χ0) is 16.6. The minimum Gasteiger partial charge on any atom is -0.287 e. The highest BCUT2D eigenvalue weighted by Gasteiger charge is 2.13. The number of aromatic nitrogens is 2. The van der Waals surface area contributed by atoms with E-state index in [-0.39, 0.29) is 16.0 Å². The van der Waals surface area contributed by atoms with Gasteiger partial charge in [0, 0.05) is 23.7 Å². The fourth-order valence-electron chi connectivity index (χ4n) is 2.19. The Bertz CT molecular complexity index is 878. The van der Waals surface area contributed by atoms with Gasteiger partial charge < -0.3 is 0 Å². The average molecular weight is 357 g/mol. The second kappa shape index (κ2) is 6.26. The van der Waals surface area contributed by atoms with Crippen LogP contribution < -0.4 is 0 Å². The van der Waals surface area contributed by atoms with Gasteiger partial charge in [-0.3, -0.25) is 4.57 Å². The lowest BCUT2D eigenvalue weighted by Crippen LogP contribution is -1.97. The summed E-state index contributed by atoms with van der Waals surface area (Å²) < 4.78 is 41.2. The molecule has 1 aromatic heterocycles. The molecule has 23 heavy (non-hydrogen) atoms. The standard InChI is InChI=1S/C16H9Cl2F3N2/c17-13-6-10(19)2-1-9(13)5-12-8-23(16(18)22-12)15-4-3-11(20)7-14(15)21/h1-4,6-8H,5H2. The molecule has 118 valence electrons. The van der Waals surface area contributed by atoms with Crippen molar-refractivity contribution in [3.8, 4) is 5.69 Å². The Balaban J connectivity index is 1.94. The van der Waals surface area contributed by atoms with Gasteiger partial charge in [0.05, 0.1) is 11.4 Å². The van der Waals surface area contributed by atoms with E-state index in [1.165, 1.54) is 29.0 Å². The van der Waals surface area contributed by atoms with Crippen molar-refractivity contribution in [3.63, 3.8) is 0 Å². The van der Waals surface area contributed by atoms with Gasteiger partial charge in [-0.05, 0) is 41.4 Å². The lowest BCUT2D eigenvalue weighted by Gasteiger charge is -2.05. The van der Waals surface area contributed by atoms with Crippen molar-refractivity contribution < 1.29 is 13.2 Å². The lowest BCUT2D eigenvalue weighted by molar-refractivity contribution is 0.578. The summed E-state index contributed by atoms with van der Waals surface area (Å²) in [6.07, 6.45) is 1.83. The monoisotopic (exact) mass is 356 g/mol. The first-order valence-corrected chi connectivity index (χ1v) is 7.33. The molecule has 0 aliphatic heterocycles. The van der Waals surface area contributed by atoms with E-state index in [1.54, 1.807) is 6.07 Å². The molecular weight excluding hydrogens is 348 g/mol. The van der Waals surface area contributed by atoms with Crippen LogP contribution in [0, 0.1) is 17.5 Å². The molecule has 0 unspecified atom stereocenters. The van der Waals surface area contributed by atoms with Gasteiger partial charge in [-0.2, -0.15) is 0 Å². The summed E-state index contributed by atoms with van der Waals surface area (Å²) in [5.74, 6) is -1.87. The third kappa shape index (κ3) is 3.35. The third-order valence-electron chi connectivity index (χ3n) is 3.27. The quantitative estimate of drug-likeness (QED) is 0.631. The van der Waals surface area contributed by atoms with Crippen LogP contribution in [-0.2, 0) is 6.42 Å². The van der Waals surface area contributed by atoms with Gasteiger partial charge in [0.25, 0.3) is 0 Å². The van der Waals surface area contributed by atoms with E-state index in [4.69, 9.17) is 23.2 Å². The van der Waals surface area contributed by atoms with E-state index in [2.05, 4.69) is 4.98 Å². The maximum Gasteiger partial charge on any atom is 0.207 e. The number of halogens is 5. The molecule has 7 heteroatoms. The van der Waals surface area contributed by atoms with E-state index >= 15 is 0 Å². The Morgan fingerprint density at radius 3 is 2.35 bits per heavy atom. The van der Waals surface area contributed by atoms with E-state index in [1.807, 2.05) is 0 Å². The van der Waals surface area contributed by atoms with Crippen molar-refractivity contribution >= 4 is 23.2 Å². The molecule has 0 atom stereocenters. The van der Waals surface area contributed by atoms with E-state index in [9.17, 15) is 13.2 Å². The van der Waals surface area contributed by atoms with Crippen LogP contribution in [0.15, 0.2) is 42.6 Å². The molecule has 0 radical (unpaired) electrons. The van der Waals surface area contributed by atoms with Crippen LogP contribution >= 0.6 is 23.2 Å². The van der Waals surface area contributed by atoms with Crippen LogP contribution in [0.2, 0.25) is 10.3 Å². The van der Waals surface area contributed by atoms with E-state index < -0.39 is 17.5 Å². The van der Waals surface area contributed by atoms with Crippen molar-refractivity contribution in [2.75, 3.05) is 0 Å². The maximum absolute atomic E-state index is 13.9. The summed E-state index contributed by atoms with van der Waals surface area (Å²) in [5, 5.41) is 0.298. The van der Waals surface area contributed by atoms with Crippen molar-refractivity contribution in [3.05, 3.63) is 81.6 Å². The molecule has 2 aromatic carbocycles. The number of hydrogen-bond donors (Lipinski definition) is 0. The Morgan fingerprint density at radius 2 is 1.65 bits per heavy atom. The van der Waals surface area contributed by atoms with Gasteiger partial charge in [-0.15, -0.1) is 0 Å². The summed E-state index contributed by atoms with van der Waals surface area (Å²) in [6.45, 7) is 0. The summed E-state index contributed by atoms with van der Waals surface area (Å²) in [5.41, 5.74) is 1.27. The van der Waals surface area contributed by atoms with E-state index in [0.29, 0.717) is 17.7 Å². The zero-order valence-electron chi connectivity index (χ0n) is 11.5. The van der Waals surface area contributed by atoms with Crippen molar-refractivity contribution in [2.24, 2.45) is 0 Å². The van der Waals surface area contributed by atoms with Crippen LogP contribution in [0.25, 0.3) is 5.69 Å². The molecule has 0 saturated carbocycles. The van der Waals surface area contributed by atoms with E-state index in [0.717, 1.165) is 12.1 Å². The SMILES string of the molecule is Fc1ccc(-n2cc(Cc3ccc(F)cc3Cl)nc2Cl)c(F)c1. The second-order valence-corrected chi connectivity index (χ2v) is 5.62. The molecule has 0 aliphatic rings. The van der Waals surface area contributed by atoms with Gasteiger partial charge in [-0.1, -0.05) is 17.7 Å². The number of nitrogens with zero attached hydrogens (tertiary/aromatic N) is 2. The summed E-state index contributed by atoms with van der Waals surface area (Å²) in [6, 6.07) is 7.21. The molecule has 0 saturated heterocycles. The highest BCUT2D eigenvalue weighted by molar-refractivity contribution is 6.31. The van der Waals surface area contributed by atoms with Crippen LogP contribution in [0.1, 0.15) is 11.3 Å². The topological polar surface area (TPSA) is 17.8 Å². The molecule has 0 bridgehead atoms. The fraction of sp³-hybridized carbons (Fsp3) is 0.0625. The van der Waals surface area contributed by atoms with Crippen LogP contribution in [-0.4, -0.2) is 9.55 Å². The van der Waals surface area contributed by atoms with Gasteiger partial charge in [0.1, 0.15) is 17.5 Å². The first-order valence-electron chi connectivity index (χ1n) is 6.57. The van der Waals surface area contributed by atoms with Crippen molar-refractivity contribution in [1.29, 1.82) is 0 Å². The summed E-state index contributed by atoms with van der Waals surface area (Å²) in [4.78, 5) is 4.12. The predicted octanol–water partition coefficient (Wildman–Crippen LogP) is 5.19. The van der Waals surface area contributed by atoms with Crippen LogP contribution in [0.5, 0.6) is 0 Å². The molecule has 3 rings (SSSR count). The highest BCUT2D eigenvalue weighted by Crippen LogP contribution is 2.24. The molecule has 1 heterocycles. The van der Waals surface area contributed by atoms with Crippen molar-refractivity contribution in [2.45, 2.75) is 6.42 Å². The smallest absolute Gasteiger partial charge is 0.207 e. The number of benzene rings is 2. The summed E-state index contributed by atoms with van der Waals surface area (Å²) >= 11 is 12.0. The van der Waals surface area contributed by atoms with Gasteiger partial charge in [0.15, 0.2) is 0 Å². The first kappa shape index (κ1) is 15.9. The number of rotatable bonds is 3. The Hall–Kier alpha value is -1.98. The molecule has 2 nitrogen and oxygen atoms in total. The molecule has 0 spiro atoms. The lowest BCUT2D eigenvalue weighted by atomic mass is 10.1. The largest absolute Gasteiger partial charge is 0.287 e. The van der Waals surface area contributed by atoms with Crippen LogP contribution in [0.4, 0.5) is 13.2 Å². The van der Waals surface area contributed by atoms with Gasteiger partial charge in [0.2, 0.25) is 5.28 Å². The molecule has 0 aliphatic carbocycles. The molecule has 0 fully saturated rings. The van der Waals surface area contributed by atoms with Crippen molar-refractivity contribution in [1.82, 2.24) is 9.55 Å². The first-order chi connectivity index (χ1) is 10.9. The Labute approximate surface area is 140 Å². The number of imidazole rings is 1. The summed E-state index contributed by atoms with van der Waals surface area (Å²) in [7, 11) is 0. The molecule has 3 aromatic rings. The zero-order valence-corrected chi connectivity index (χ0v) is 13.0.